The molecule has 0 radical (unpaired) electrons. The first-order chi connectivity index (χ1) is 13.0. The number of hydrogen-bond acceptors (Lipinski definition) is 6. The normalized spacial score (nSPS) is 11.6. The molecule has 0 spiro atoms. The van der Waals surface area contributed by atoms with Gasteiger partial charge in [-0.15, -0.1) is 0 Å². The SMILES string of the molecule is CC(=O)Oc1cccc(C(=O)NCCNC(=O)c2ccc3c(c2)OCO3)c1. The zero-order valence-corrected chi connectivity index (χ0v) is 14.6. The number of esters is 1. The first-order valence-electron chi connectivity index (χ1n) is 8.27. The Morgan fingerprint density at radius 1 is 0.926 bits per heavy atom. The van der Waals surface area contributed by atoms with E-state index in [1.807, 2.05) is 0 Å². The van der Waals surface area contributed by atoms with E-state index in [2.05, 4.69) is 10.6 Å². The number of amides is 2. The molecule has 1 aliphatic rings. The first-order valence-corrected chi connectivity index (χ1v) is 8.27. The smallest absolute Gasteiger partial charge is 0.308 e. The van der Waals surface area contributed by atoms with Gasteiger partial charge in [0.15, 0.2) is 11.5 Å². The summed E-state index contributed by atoms with van der Waals surface area (Å²) < 4.78 is 15.4. The summed E-state index contributed by atoms with van der Waals surface area (Å²) in [5, 5.41) is 5.40. The molecule has 0 fully saturated rings. The highest BCUT2D eigenvalue weighted by atomic mass is 16.7. The second-order valence-electron chi connectivity index (χ2n) is 5.70. The standard InChI is InChI=1S/C19H18N2O6/c1-12(22)27-15-4-2-3-13(9-15)18(23)20-7-8-21-19(24)14-5-6-16-17(10-14)26-11-25-16/h2-6,9-10H,7-8,11H2,1H3,(H,20,23)(H,21,24). The number of fused-ring (bicyclic) bond motifs is 1. The lowest BCUT2D eigenvalue weighted by Gasteiger charge is -2.08. The van der Waals surface area contributed by atoms with E-state index in [1.165, 1.54) is 13.0 Å². The van der Waals surface area contributed by atoms with Crippen LogP contribution in [0.5, 0.6) is 17.2 Å². The molecule has 0 aliphatic carbocycles. The van der Waals surface area contributed by atoms with Gasteiger partial charge < -0.3 is 24.8 Å². The van der Waals surface area contributed by atoms with Crippen LogP contribution in [0, 0.1) is 0 Å². The largest absolute Gasteiger partial charge is 0.454 e. The third-order valence-corrected chi connectivity index (χ3v) is 3.69. The molecule has 0 unspecified atom stereocenters. The summed E-state index contributed by atoms with van der Waals surface area (Å²) in [6.45, 7) is 1.93. The summed E-state index contributed by atoms with van der Waals surface area (Å²) in [5.74, 6) is 0.365. The highest BCUT2D eigenvalue weighted by Gasteiger charge is 2.16. The minimum atomic E-state index is -0.459. The molecule has 3 rings (SSSR count). The number of carbonyl (C=O) groups is 3. The molecule has 140 valence electrons. The fourth-order valence-electron chi connectivity index (χ4n) is 2.46. The molecule has 1 heterocycles. The lowest BCUT2D eigenvalue weighted by molar-refractivity contribution is -0.131. The van der Waals surface area contributed by atoms with Gasteiger partial charge in [-0.2, -0.15) is 0 Å². The molecule has 2 N–H and O–H groups in total. The molecular formula is C19H18N2O6. The van der Waals surface area contributed by atoms with Crippen LogP contribution in [0.3, 0.4) is 0 Å². The molecule has 1 aliphatic heterocycles. The van der Waals surface area contributed by atoms with Crippen molar-refractivity contribution in [1.29, 1.82) is 0 Å². The molecule has 0 aromatic heterocycles. The summed E-state index contributed by atoms with van der Waals surface area (Å²) in [7, 11) is 0. The summed E-state index contributed by atoms with van der Waals surface area (Å²) in [6, 6.07) is 11.2. The van der Waals surface area contributed by atoms with Crippen molar-refractivity contribution < 1.29 is 28.6 Å². The third kappa shape index (κ3) is 4.75. The molecule has 27 heavy (non-hydrogen) atoms. The van der Waals surface area contributed by atoms with Gasteiger partial charge in [0.05, 0.1) is 0 Å². The number of nitrogens with one attached hydrogen (secondary N) is 2. The second kappa shape index (κ2) is 8.22. The van der Waals surface area contributed by atoms with Gasteiger partial charge >= 0.3 is 5.97 Å². The molecule has 2 aromatic carbocycles. The van der Waals surface area contributed by atoms with Crippen LogP contribution in [-0.2, 0) is 4.79 Å². The van der Waals surface area contributed by atoms with Gasteiger partial charge in [0, 0.05) is 31.1 Å². The Morgan fingerprint density at radius 2 is 1.59 bits per heavy atom. The zero-order chi connectivity index (χ0) is 19.2. The summed E-state index contributed by atoms with van der Waals surface area (Å²) in [6.07, 6.45) is 0. The minimum Gasteiger partial charge on any atom is -0.454 e. The maximum absolute atomic E-state index is 12.1. The lowest BCUT2D eigenvalue weighted by atomic mass is 10.2. The number of carbonyl (C=O) groups excluding carboxylic acids is 3. The summed E-state index contributed by atoms with van der Waals surface area (Å²) in [4.78, 5) is 35.2. The van der Waals surface area contributed by atoms with Crippen molar-refractivity contribution in [3.8, 4) is 17.2 Å². The molecule has 8 nitrogen and oxygen atoms in total. The monoisotopic (exact) mass is 370 g/mol. The van der Waals surface area contributed by atoms with E-state index in [9.17, 15) is 14.4 Å². The van der Waals surface area contributed by atoms with Crippen LogP contribution in [0.25, 0.3) is 0 Å². The lowest BCUT2D eigenvalue weighted by Crippen LogP contribution is -2.34. The molecule has 0 saturated carbocycles. The van der Waals surface area contributed by atoms with Crippen LogP contribution < -0.4 is 24.8 Å². The highest BCUT2D eigenvalue weighted by molar-refractivity contribution is 5.95. The van der Waals surface area contributed by atoms with Crippen molar-refractivity contribution in [2.75, 3.05) is 19.9 Å². The topological polar surface area (TPSA) is 103 Å². The van der Waals surface area contributed by atoms with Crippen molar-refractivity contribution in [3.05, 3.63) is 53.6 Å². The van der Waals surface area contributed by atoms with Crippen molar-refractivity contribution in [2.24, 2.45) is 0 Å². The van der Waals surface area contributed by atoms with E-state index in [-0.39, 0.29) is 31.7 Å². The van der Waals surface area contributed by atoms with Crippen LogP contribution in [0.1, 0.15) is 27.6 Å². The van der Waals surface area contributed by atoms with E-state index in [4.69, 9.17) is 14.2 Å². The van der Waals surface area contributed by atoms with Gasteiger partial charge in [-0.3, -0.25) is 14.4 Å². The van der Waals surface area contributed by atoms with Crippen LogP contribution in [0.2, 0.25) is 0 Å². The number of benzene rings is 2. The molecular weight excluding hydrogens is 352 g/mol. The third-order valence-electron chi connectivity index (χ3n) is 3.69. The van der Waals surface area contributed by atoms with Crippen LogP contribution >= 0.6 is 0 Å². The fourth-order valence-corrected chi connectivity index (χ4v) is 2.46. The Morgan fingerprint density at radius 3 is 2.30 bits per heavy atom. The first kappa shape index (κ1) is 18.2. The van der Waals surface area contributed by atoms with Crippen molar-refractivity contribution in [2.45, 2.75) is 6.92 Å². The van der Waals surface area contributed by atoms with Gasteiger partial charge in [0.2, 0.25) is 6.79 Å². The molecule has 0 bridgehead atoms. The Balaban J connectivity index is 1.46. The van der Waals surface area contributed by atoms with Crippen molar-refractivity contribution in [3.63, 3.8) is 0 Å². The molecule has 8 heteroatoms. The highest BCUT2D eigenvalue weighted by Crippen LogP contribution is 2.32. The molecule has 0 saturated heterocycles. The Labute approximate surface area is 155 Å². The average molecular weight is 370 g/mol. The van der Waals surface area contributed by atoms with Crippen molar-refractivity contribution >= 4 is 17.8 Å². The number of hydrogen-bond donors (Lipinski definition) is 2. The maximum Gasteiger partial charge on any atom is 0.308 e. The Hall–Kier alpha value is -3.55. The molecule has 2 aromatic rings. The van der Waals surface area contributed by atoms with Crippen LogP contribution in [-0.4, -0.2) is 37.7 Å². The van der Waals surface area contributed by atoms with E-state index in [0.29, 0.717) is 28.4 Å². The Bertz CT molecular complexity index is 880. The van der Waals surface area contributed by atoms with E-state index in [1.54, 1.807) is 36.4 Å². The maximum atomic E-state index is 12.1. The van der Waals surface area contributed by atoms with Crippen LogP contribution in [0.4, 0.5) is 0 Å². The zero-order valence-electron chi connectivity index (χ0n) is 14.6. The minimum absolute atomic E-state index is 0.144. The van der Waals surface area contributed by atoms with Crippen molar-refractivity contribution in [1.82, 2.24) is 10.6 Å². The van der Waals surface area contributed by atoms with Gasteiger partial charge in [-0.1, -0.05) is 6.07 Å². The molecule has 0 atom stereocenters. The Kier molecular flexibility index (Phi) is 5.55. The van der Waals surface area contributed by atoms with E-state index in [0.717, 1.165) is 0 Å². The van der Waals surface area contributed by atoms with Crippen LogP contribution in [0.15, 0.2) is 42.5 Å². The predicted octanol–water partition coefficient (Wildman–Crippen LogP) is 1.50. The molecule has 2 amide bonds. The summed E-state index contributed by atoms with van der Waals surface area (Å²) in [5.41, 5.74) is 0.801. The quantitative estimate of drug-likeness (QED) is 0.454. The summed E-state index contributed by atoms with van der Waals surface area (Å²) >= 11 is 0. The van der Waals surface area contributed by atoms with E-state index < -0.39 is 5.97 Å². The van der Waals surface area contributed by atoms with Gasteiger partial charge in [-0.25, -0.2) is 0 Å². The van der Waals surface area contributed by atoms with Gasteiger partial charge in [-0.05, 0) is 36.4 Å². The average Bonchev–Trinajstić information content (AvgIpc) is 3.12. The van der Waals surface area contributed by atoms with E-state index >= 15 is 0 Å². The number of rotatable bonds is 6. The second-order valence-corrected chi connectivity index (χ2v) is 5.70. The predicted molar refractivity (Wildman–Crippen MR) is 95.0 cm³/mol. The van der Waals surface area contributed by atoms with Gasteiger partial charge in [0.1, 0.15) is 5.75 Å². The van der Waals surface area contributed by atoms with Gasteiger partial charge in [0.25, 0.3) is 11.8 Å². The fraction of sp³-hybridized carbons (Fsp3) is 0.211. The number of ether oxygens (including phenoxy) is 3.